The van der Waals surface area contributed by atoms with Crippen molar-refractivity contribution in [2.75, 3.05) is 0 Å². The van der Waals surface area contributed by atoms with Crippen LogP contribution >= 0.6 is 58.0 Å². The van der Waals surface area contributed by atoms with Gasteiger partial charge in [0.15, 0.2) is 34.0 Å². The highest BCUT2D eigenvalue weighted by molar-refractivity contribution is 6.30. The van der Waals surface area contributed by atoms with Crippen molar-refractivity contribution in [3.8, 4) is 0 Å². The summed E-state index contributed by atoms with van der Waals surface area (Å²) in [7, 11) is 0. The van der Waals surface area contributed by atoms with Gasteiger partial charge in [-0.05, 0) is 128 Å². The molecule has 15 aromatic heterocycles. The molecule has 15 heterocycles. The van der Waals surface area contributed by atoms with Gasteiger partial charge in [0.1, 0.15) is 95.2 Å². The third kappa shape index (κ3) is 16.6. The minimum atomic E-state index is -2.03. The summed E-state index contributed by atoms with van der Waals surface area (Å²) < 4.78 is 151. The van der Waals surface area contributed by atoms with Crippen LogP contribution in [0, 0.1) is 58.2 Å². The van der Waals surface area contributed by atoms with E-state index >= 15 is 0 Å². The van der Waals surface area contributed by atoms with Gasteiger partial charge in [-0.15, -0.1) is 0 Å². The third-order valence-corrected chi connectivity index (χ3v) is 20.6. The second kappa shape index (κ2) is 34.8. The number of aromatic nitrogens is 20. The molecule has 612 valence electrons. The van der Waals surface area contributed by atoms with Crippen LogP contribution in [0.2, 0.25) is 25.8 Å². The number of hydrogen-bond donors (Lipinski definition) is 1. The molecule has 122 heavy (non-hydrogen) atoms. The minimum Gasteiger partial charge on any atom is -0.379 e. The fourth-order valence-corrected chi connectivity index (χ4v) is 14.4. The predicted octanol–water partition coefficient (Wildman–Crippen LogP) is 20.6. The van der Waals surface area contributed by atoms with Crippen LogP contribution in [0.3, 0.4) is 0 Å². The first-order chi connectivity index (χ1) is 58.5. The summed E-state index contributed by atoms with van der Waals surface area (Å²) in [6.45, 7) is 7.86. The van der Waals surface area contributed by atoms with E-state index in [0.29, 0.717) is 67.1 Å². The van der Waals surface area contributed by atoms with Crippen molar-refractivity contribution < 1.29 is 53.8 Å². The molecule has 5 aromatic carbocycles. The number of carbonyl (C=O) groups is 1. The molecule has 0 saturated carbocycles. The molecule has 20 aromatic rings. The number of pyridine rings is 5. The molecular weight excluding hydrogens is 1700 g/mol. The quantitative estimate of drug-likeness (QED) is 0.104. The van der Waals surface area contributed by atoms with Crippen molar-refractivity contribution in [1.29, 1.82) is 0 Å². The molecule has 2 unspecified atom stereocenters. The summed E-state index contributed by atoms with van der Waals surface area (Å²) >= 11 is 29.3. The largest absolute Gasteiger partial charge is 0.379 e. The number of Topliss-reactive ketones (excluding diaryl/α,β-unsaturated/α-hetero) is 1. The highest BCUT2D eigenvalue weighted by Crippen LogP contribution is 2.39. The first-order valence-corrected chi connectivity index (χ1v) is 38.3. The summed E-state index contributed by atoms with van der Waals surface area (Å²) in [6.07, 6.45) is 14.9. The van der Waals surface area contributed by atoms with E-state index in [-0.39, 0.29) is 92.4 Å². The molecule has 0 spiro atoms. The van der Waals surface area contributed by atoms with Gasteiger partial charge in [-0.3, -0.25) is 29.7 Å². The molecule has 0 amide bonds. The number of nitrogens with zero attached hydrogens (tertiary/aromatic N) is 20. The van der Waals surface area contributed by atoms with E-state index in [1.807, 2.05) is 0 Å². The van der Waals surface area contributed by atoms with Crippen molar-refractivity contribution in [2.24, 2.45) is 0 Å². The summed E-state index contributed by atoms with van der Waals surface area (Å²) in [5.74, 6) is -8.67. The molecule has 0 radical (unpaired) electrons. The average Bonchev–Trinajstić information content (AvgIpc) is 1.56. The van der Waals surface area contributed by atoms with Crippen LogP contribution in [-0.2, 0) is 5.60 Å². The van der Waals surface area contributed by atoms with Crippen LogP contribution in [0.5, 0.6) is 0 Å². The molecule has 22 nitrogen and oxygen atoms in total. The molecule has 4 atom stereocenters. The zero-order chi connectivity index (χ0) is 86.3. The zero-order valence-electron chi connectivity index (χ0n) is 63.5. The summed E-state index contributed by atoms with van der Waals surface area (Å²) in [4.78, 5) is 51.6. The third-order valence-electron chi connectivity index (χ3n) is 19.6. The van der Waals surface area contributed by atoms with Gasteiger partial charge in [0.25, 0.3) is 0 Å². The zero-order valence-corrected chi connectivity index (χ0v) is 67.3. The fourth-order valence-electron chi connectivity index (χ4n) is 13.7. The standard InChI is InChI=1S/C17H11ClF2N4O.3C17H11ClF2N4.C9H5F2N.C8H6ClN3O/c1-17(25,12-8-22-14-5-4-13(18)23-24(12)14)15-10(19)7-11-9(16(15)20)3-2-6-21-11;3*1-9(13-8-22-15-5-4-14(18)23-24(13)15)16-11(19)7-12-10(17(16)20)3-2-6-21-12;10-6-4-8(11)7-2-1-3-12-9(7)5-6;1-5(13)6-4-10-8-3-2-7(9)11-12(6)8/h2-8,25H,1H3;3*2-9H,1H3;1-5H;2-4H,1H3/t;2*9-;;;/m.10.../s1. The van der Waals surface area contributed by atoms with Gasteiger partial charge in [-0.1, -0.05) is 78.8 Å². The first-order valence-electron chi connectivity index (χ1n) is 36.4. The van der Waals surface area contributed by atoms with E-state index in [1.165, 1.54) is 122 Å². The number of rotatable bonds is 9. The number of benzene rings is 5. The molecule has 0 bridgehead atoms. The summed E-state index contributed by atoms with van der Waals surface area (Å²) in [6, 6.07) is 39.1. The molecule has 20 rings (SSSR count). The number of hydrogen-bond acceptors (Lipinski definition) is 17. The Morgan fingerprint density at radius 3 is 1.01 bits per heavy atom. The maximum atomic E-state index is 15.0. The van der Waals surface area contributed by atoms with Gasteiger partial charge < -0.3 is 5.11 Å². The van der Waals surface area contributed by atoms with Crippen molar-refractivity contribution in [1.82, 2.24) is 97.9 Å². The lowest BCUT2D eigenvalue weighted by molar-refractivity contribution is 0.0870. The number of ketones is 1. The van der Waals surface area contributed by atoms with Gasteiger partial charge in [0.05, 0.1) is 86.9 Å². The Bertz CT molecular complexity index is 7050. The topological polar surface area (TPSA) is 253 Å². The second-order valence-electron chi connectivity index (χ2n) is 27.3. The second-order valence-corrected chi connectivity index (χ2v) is 29.2. The minimum absolute atomic E-state index is 0.0425. The van der Waals surface area contributed by atoms with E-state index in [2.05, 4.69) is 75.3 Å². The van der Waals surface area contributed by atoms with Crippen molar-refractivity contribution in [3.63, 3.8) is 0 Å². The van der Waals surface area contributed by atoms with E-state index in [4.69, 9.17) is 58.0 Å². The van der Waals surface area contributed by atoms with E-state index in [9.17, 15) is 53.8 Å². The molecule has 0 aliphatic heterocycles. The van der Waals surface area contributed by atoms with Crippen LogP contribution in [0.1, 0.15) is 108 Å². The normalized spacial score (nSPS) is 12.6. The van der Waals surface area contributed by atoms with Crippen LogP contribution in [0.15, 0.2) is 220 Å². The van der Waals surface area contributed by atoms with Crippen LogP contribution in [0.25, 0.3) is 82.8 Å². The SMILES string of the molecule is CC(=O)c1cnc2ccc(Cl)nn12.CC(O)(c1c(F)cc2ncccc2c1F)c1cnc2ccc(Cl)nn12.CC(c1c(F)cc2ncccc2c1F)c1cnc2ccc(Cl)nn12.C[C@@H](c1c(F)cc2ncccc2c1F)c1cnc2ccc(Cl)nn12.C[C@H](c1c(F)cc2ncccc2c1F)c1cnc2ccc(Cl)nn12.Fc1cc(F)c2cccnc2c1. The molecule has 0 saturated heterocycles. The number of halogens is 15. The Kier molecular flexibility index (Phi) is 23.8. The lowest BCUT2D eigenvalue weighted by Gasteiger charge is -2.24. The fraction of sp³-hybridized carbons (Fsp3) is 0.106. The lowest BCUT2D eigenvalue weighted by Crippen LogP contribution is -2.28. The Morgan fingerprint density at radius 1 is 0.344 bits per heavy atom. The smallest absolute Gasteiger partial charge is 0.179 e. The van der Waals surface area contributed by atoms with E-state index in [1.54, 1.807) is 142 Å². The van der Waals surface area contributed by atoms with E-state index in [0.717, 1.165) is 12.1 Å². The van der Waals surface area contributed by atoms with Gasteiger partial charge in [0, 0.05) is 136 Å². The van der Waals surface area contributed by atoms with Gasteiger partial charge in [-0.25, -0.2) is 91.4 Å². The molecule has 37 heteroatoms. The number of fused-ring (bicyclic) bond motifs is 10. The van der Waals surface area contributed by atoms with Crippen molar-refractivity contribution in [2.45, 2.75) is 58.0 Å². The highest BCUT2D eigenvalue weighted by atomic mass is 35.5. The lowest BCUT2D eigenvalue weighted by atomic mass is 9.90. The molecule has 0 aliphatic carbocycles. The number of imidazole rings is 5. The van der Waals surface area contributed by atoms with Gasteiger partial charge >= 0.3 is 0 Å². The van der Waals surface area contributed by atoms with Gasteiger partial charge in [0.2, 0.25) is 0 Å². The van der Waals surface area contributed by atoms with E-state index < -0.39 is 87.1 Å². The Hall–Kier alpha value is -13.4. The highest BCUT2D eigenvalue weighted by Gasteiger charge is 2.37. The monoisotopic (exact) mass is 1750 g/mol. The van der Waals surface area contributed by atoms with Crippen molar-refractivity contribution in [3.05, 3.63) is 354 Å². The number of aliphatic hydroxyl groups is 1. The van der Waals surface area contributed by atoms with Crippen LogP contribution < -0.4 is 0 Å². The number of carbonyl (C=O) groups excluding carboxylic acids is 1. The van der Waals surface area contributed by atoms with Crippen LogP contribution in [-0.4, -0.2) is 109 Å². The Balaban J connectivity index is 0.000000116. The maximum Gasteiger partial charge on any atom is 0.179 e. The molecule has 0 aliphatic rings. The van der Waals surface area contributed by atoms with Crippen molar-refractivity contribution >= 4 is 147 Å². The molecule has 0 fully saturated rings. The van der Waals surface area contributed by atoms with Crippen LogP contribution in [0.4, 0.5) is 43.9 Å². The first kappa shape index (κ1) is 83.7. The summed E-state index contributed by atoms with van der Waals surface area (Å²) in [5, 5.41) is 34.1. The Labute approximate surface area is 706 Å². The summed E-state index contributed by atoms with van der Waals surface area (Å²) in [5.41, 5.74) is 3.55. The average molecular weight is 1760 g/mol. The molecular formula is C85H55Cl5F10N20O2. The molecule has 1 N–H and O–H groups in total. The maximum absolute atomic E-state index is 15.0. The van der Waals surface area contributed by atoms with Gasteiger partial charge in [-0.2, -0.15) is 25.5 Å². The Morgan fingerprint density at radius 2 is 0.639 bits per heavy atom. The predicted molar refractivity (Wildman–Crippen MR) is 440 cm³/mol.